The fraction of sp³-hybridized carbons (Fsp3) is 0.500. The van der Waals surface area contributed by atoms with E-state index in [0.717, 1.165) is 0 Å². The first-order valence-electron chi connectivity index (χ1n) is 4.51. The van der Waals surface area contributed by atoms with Gasteiger partial charge < -0.3 is 15.6 Å². The summed E-state index contributed by atoms with van der Waals surface area (Å²) in [6, 6.07) is 0. The van der Waals surface area contributed by atoms with Crippen LogP contribution < -0.4 is 5.73 Å². The van der Waals surface area contributed by atoms with E-state index in [1.165, 1.54) is 6.92 Å². The van der Waals surface area contributed by atoms with Gasteiger partial charge in [-0.3, -0.25) is 4.79 Å². The summed E-state index contributed by atoms with van der Waals surface area (Å²) in [6.07, 6.45) is 5.51. The van der Waals surface area contributed by atoms with Gasteiger partial charge in [-0.25, -0.2) is 0 Å². The molecule has 0 amide bonds. The molecule has 0 bridgehead atoms. The summed E-state index contributed by atoms with van der Waals surface area (Å²) in [4.78, 5) is 11.2. The Bertz CT molecular complexity index is 283. The minimum atomic E-state index is -0.883. The third kappa shape index (κ3) is 2.43. The van der Waals surface area contributed by atoms with Crippen molar-refractivity contribution in [3.05, 3.63) is 24.0 Å². The first-order valence-corrected chi connectivity index (χ1v) is 4.51. The van der Waals surface area contributed by atoms with E-state index >= 15 is 0 Å². The van der Waals surface area contributed by atoms with E-state index < -0.39 is 5.54 Å². The molecule has 14 heavy (non-hydrogen) atoms. The van der Waals surface area contributed by atoms with Crippen LogP contribution in [0.25, 0.3) is 0 Å². The number of allylic oxidation sites excluding steroid dienone is 1. The summed E-state index contributed by atoms with van der Waals surface area (Å²) in [5.74, 6) is 0.590. The molecule has 0 saturated carbocycles. The molecule has 1 aliphatic rings. The Kier molecular flexibility index (Phi) is 3.43. The van der Waals surface area contributed by atoms with Crippen molar-refractivity contribution in [2.75, 3.05) is 13.2 Å². The molecule has 0 saturated heterocycles. The molecule has 1 aliphatic carbocycles. The van der Waals surface area contributed by atoms with Crippen LogP contribution in [0.15, 0.2) is 24.0 Å². The molecule has 0 heterocycles. The van der Waals surface area contributed by atoms with Crippen LogP contribution in [0.2, 0.25) is 0 Å². The van der Waals surface area contributed by atoms with Gasteiger partial charge in [0.15, 0.2) is 5.78 Å². The summed E-state index contributed by atoms with van der Waals surface area (Å²) in [5.41, 5.74) is 4.92. The molecule has 3 N–H and O–H groups in total. The number of aliphatic hydroxyl groups is 1. The van der Waals surface area contributed by atoms with Crippen LogP contribution in [-0.2, 0) is 9.53 Å². The zero-order valence-electron chi connectivity index (χ0n) is 8.19. The van der Waals surface area contributed by atoms with E-state index in [0.29, 0.717) is 12.2 Å². The predicted molar refractivity (Wildman–Crippen MR) is 52.5 cm³/mol. The maximum absolute atomic E-state index is 11.2. The molecule has 1 rings (SSSR count). The normalized spacial score (nSPS) is 25.8. The lowest BCUT2D eigenvalue weighted by atomic mass is 9.88. The Morgan fingerprint density at radius 2 is 2.50 bits per heavy atom. The van der Waals surface area contributed by atoms with Crippen LogP contribution in [0, 0.1) is 0 Å². The second kappa shape index (κ2) is 4.39. The van der Waals surface area contributed by atoms with Crippen molar-refractivity contribution in [1.29, 1.82) is 0 Å². The van der Waals surface area contributed by atoms with E-state index in [4.69, 9.17) is 15.6 Å². The lowest BCUT2D eigenvalue weighted by Crippen LogP contribution is -2.45. The Morgan fingerprint density at radius 3 is 2.93 bits per heavy atom. The van der Waals surface area contributed by atoms with Gasteiger partial charge in [0.2, 0.25) is 0 Å². The molecule has 4 heteroatoms. The van der Waals surface area contributed by atoms with Gasteiger partial charge in [0.1, 0.15) is 12.4 Å². The molecule has 0 aliphatic heterocycles. The van der Waals surface area contributed by atoms with E-state index in [2.05, 4.69) is 0 Å². The second-order valence-corrected chi connectivity index (χ2v) is 3.31. The molecular weight excluding hydrogens is 182 g/mol. The molecule has 0 spiro atoms. The van der Waals surface area contributed by atoms with Gasteiger partial charge in [-0.05, 0) is 25.5 Å². The number of hydrogen-bond acceptors (Lipinski definition) is 4. The lowest BCUT2D eigenvalue weighted by molar-refractivity contribution is -0.120. The molecule has 0 radical (unpaired) electrons. The first kappa shape index (κ1) is 10.9. The Hall–Kier alpha value is -1.13. The van der Waals surface area contributed by atoms with Crippen LogP contribution in [0.1, 0.15) is 13.3 Å². The van der Waals surface area contributed by atoms with Gasteiger partial charge in [0, 0.05) is 0 Å². The van der Waals surface area contributed by atoms with E-state index in [1.54, 1.807) is 18.2 Å². The highest BCUT2D eigenvalue weighted by atomic mass is 16.5. The smallest absolute Gasteiger partial charge is 0.153 e. The summed E-state index contributed by atoms with van der Waals surface area (Å²) < 4.78 is 5.16. The number of nitrogens with two attached hydrogens (primary N) is 1. The van der Waals surface area contributed by atoms with Crippen molar-refractivity contribution in [2.45, 2.75) is 18.9 Å². The van der Waals surface area contributed by atoms with Crippen molar-refractivity contribution in [1.82, 2.24) is 0 Å². The highest BCUT2D eigenvalue weighted by molar-refractivity contribution is 5.88. The average Bonchev–Trinajstić information content (AvgIpc) is 2.17. The van der Waals surface area contributed by atoms with Gasteiger partial charge in [0.25, 0.3) is 0 Å². The Balaban J connectivity index is 2.57. The zero-order chi connectivity index (χ0) is 10.6. The van der Waals surface area contributed by atoms with Crippen LogP contribution >= 0.6 is 0 Å². The third-order valence-corrected chi connectivity index (χ3v) is 2.20. The maximum atomic E-state index is 11.2. The number of ether oxygens (including phenoxy) is 1. The van der Waals surface area contributed by atoms with Crippen molar-refractivity contribution in [3.63, 3.8) is 0 Å². The minimum Gasteiger partial charge on any atom is -0.492 e. The summed E-state index contributed by atoms with van der Waals surface area (Å²) in [7, 11) is 0. The van der Waals surface area contributed by atoms with Gasteiger partial charge in [0.05, 0.1) is 12.1 Å². The highest BCUT2D eigenvalue weighted by Crippen LogP contribution is 2.19. The van der Waals surface area contributed by atoms with E-state index in [9.17, 15) is 4.79 Å². The quantitative estimate of drug-likeness (QED) is 0.671. The summed E-state index contributed by atoms with van der Waals surface area (Å²) >= 11 is 0. The number of carbonyl (C=O) groups is 1. The van der Waals surface area contributed by atoms with Crippen LogP contribution in [0.5, 0.6) is 0 Å². The molecule has 1 unspecified atom stereocenters. The SMILES string of the molecule is CC(=O)C1(N)C=CC(OCCO)=CC1. The topological polar surface area (TPSA) is 72.6 Å². The average molecular weight is 197 g/mol. The van der Waals surface area contributed by atoms with Crippen LogP contribution in [-0.4, -0.2) is 29.6 Å². The molecule has 0 aromatic rings. The largest absolute Gasteiger partial charge is 0.492 e. The Morgan fingerprint density at radius 1 is 1.79 bits per heavy atom. The number of ketones is 1. The molecule has 4 nitrogen and oxygen atoms in total. The molecule has 0 aromatic carbocycles. The van der Waals surface area contributed by atoms with Gasteiger partial charge in [-0.1, -0.05) is 6.08 Å². The fourth-order valence-electron chi connectivity index (χ4n) is 1.17. The monoisotopic (exact) mass is 197 g/mol. The van der Waals surface area contributed by atoms with Crippen LogP contribution in [0.3, 0.4) is 0 Å². The molecular formula is C10H15NO3. The van der Waals surface area contributed by atoms with E-state index in [-0.39, 0.29) is 19.0 Å². The molecule has 0 fully saturated rings. The lowest BCUT2D eigenvalue weighted by Gasteiger charge is -2.24. The Labute approximate surface area is 83.0 Å². The highest BCUT2D eigenvalue weighted by Gasteiger charge is 2.28. The number of rotatable bonds is 4. The van der Waals surface area contributed by atoms with Crippen molar-refractivity contribution in [3.8, 4) is 0 Å². The maximum Gasteiger partial charge on any atom is 0.153 e. The molecule has 78 valence electrons. The van der Waals surface area contributed by atoms with Crippen molar-refractivity contribution < 1.29 is 14.6 Å². The zero-order valence-corrected chi connectivity index (χ0v) is 8.19. The molecule has 1 atom stereocenters. The van der Waals surface area contributed by atoms with Gasteiger partial charge in [-0.2, -0.15) is 0 Å². The minimum absolute atomic E-state index is 0.0222. The number of aliphatic hydroxyl groups excluding tert-OH is 1. The van der Waals surface area contributed by atoms with E-state index in [1.807, 2.05) is 0 Å². The first-order chi connectivity index (χ1) is 6.58. The summed E-state index contributed by atoms with van der Waals surface area (Å²) in [5, 5.41) is 8.53. The number of Topliss-reactive ketones (excluding diaryl/α,β-unsaturated/α-hetero) is 1. The second-order valence-electron chi connectivity index (χ2n) is 3.31. The van der Waals surface area contributed by atoms with Crippen molar-refractivity contribution >= 4 is 5.78 Å². The van der Waals surface area contributed by atoms with Gasteiger partial charge in [-0.15, -0.1) is 0 Å². The summed E-state index contributed by atoms with van der Waals surface area (Å²) in [6.45, 7) is 1.71. The number of carbonyl (C=O) groups excluding carboxylic acids is 1. The third-order valence-electron chi connectivity index (χ3n) is 2.20. The standard InChI is InChI=1S/C10H15NO3/c1-8(13)10(11)4-2-9(3-5-10)14-7-6-12/h2-4,12H,5-7,11H2,1H3. The van der Waals surface area contributed by atoms with Crippen molar-refractivity contribution in [2.24, 2.45) is 5.73 Å². The fourth-order valence-corrected chi connectivity index (χ4v) is 1.17. The molecule has 0 aromatic heterocycles. The van der Waals surface area contributed by atoms with Gasteiger partial charge >= 0.3 is 0 Å². The predicted octanol–water partition coefficient (Wildman–Crippen LogP) is 0.126. The van der Waals surface area contributed by atoms with Crippen LogP contribution in [0.4, 0.5) is 0 Å². The number of hydrogen-bond donors (Lipinski definition) is 2.